The maximum atomic E-state index is 14.4. The van der Waals surface area contributed by atoms with Crippen LogP contribution in [0.4, 0.5) is 9.18 Å². The number of halogens is 1. The second-order valence-electron chi connectivity index (χ2n) is 8.31. The number of hydrogen-bond acceptors (Lipinski definition) is 7. The van der Waals surface area contributed by atoms with Crippen molar-refractivity contribution < 1.29 is 23.8 Å². The molecule has 1 saturated heterocycles. The third kappa shape index (κ3) is 5.34. The van der Waals surface area contributed by atoms with E-state index in [1.165, 1.54) is 6.07 Å². The number of aliphatic imine (C=N–C) groups is 1. The molecule has 0 spiro atoms. The Labute approximate surface area is 181 Å². The zero-order valence-electron chi connectivity index (χ0n) is 17.6. The van der Waals surface area contributed by atoms with Gasteiger partial charge >= 0.3 is 6.09 Å². The first-order chi connectivity index (χ1) is 15.0. The zero-order valence-corrected chi connectivity index (χ0v) is 17.6. The van der Waals surface area contributed by atoms with Crippen LogP contribution < -0.4 is 15.4 Å². The van der Waals surface area contributed by atoms with Gasteiger partial charge in [0, 0.05) is 25.0 Å². The summed E-state index contributed by atoms with van der Waals surface area (Å²) in [5.74, 6) is 1.11. The van der Waals surface area contributed by atoms with Gasteiger partial charge in [0.05, 0.1) is 12.6 Å². The maximum absolute atomic E-state index is 14.4. The number of aliphatic hydroxyl groups is 1. The molecule has 4 rings (SSSR count). The van der Waals surface area contributed by atoms with Crippen LogP contribution in [0.1, 0.15) is 24.5 Å². The summed E-state index contributed by atoms with van der Waals surface area (Å²) in [4.78, 5) is 17.8. The maximum Gasteiger partial charge on any atom is 0.415 e. The molecule has 1 aromatic rings. The van der Waals surface area contributed by atoms with E-state index in [2.05, 4.69) is 15.6 Å². The van der Waals surface area contributed by atoms with E-state index in [9.17, 15) is 14.3 Å². The number of carbonyl (C=O) groups is 1. The lowest BCUT2D eigenvalue weighted by Crippen LogP contribution is -2.29. The van der Waals surface area contributed by atoms with Gasteiger partial charge in [-0.05, 0) is 62.4 Å². The van der Waals surface area contributed by atoms with E-state index in [4.69, 9.17) is 9.47 Å². The number of cyclic esters (lactones) is 1. The summed E-state index contributed by atoms with van der Waals surface area (Å²) in [6.07, 6.45) is 4.49. The number of hydrogen-bond donors (Lipinski definition) is 3. The molecule has 1 aromatic carbocycles. The van der Waals surface area contributed by atoms with Crippen molar-refractivity contribution >= 4 is 12.3 Å². The number of fused-ring (bicyclic) bond motifs is 1. The van der Waals surface area contributed by atoms with Gasteiger partial charge in [0.1, 0.15) is 24.3 Å². The lowest BCUT2D eigenvalue weighted by molar-refractivity contribution is 0.122. The molecule has 1 aliphatic carbocycles. The van der Waals surface area contributed by atoms with Crippen LogP contribution >= 0.6 is 0 Å². The first-order valence-electron chi connectivity index (χ1n) is 10.8. The van der Waals surface area contributed by atoms with Crippen molar-refractivity contribution in [1.29, 1.82) is 0 Å². The van der Waals surface area contributed by atoms with Gasteiger partial charge in [0.25, 0.3) is 0 Å². The highest BCUT2D eigenvalue weighted by Gasteiger charge is 2.33. The van der Waals surface area contributed by atoms with Crippen LogP contribution in [0.15, 0.2) is 29.1 Å². The highest BCUT2D eigenvalue weighted by Crippen LogP contribution is 2.32. The molecule has 8 nitrogen and oxygen atoms in total. The first-order valence-corrected chi connectivity index (χ1v) is 10.8. The van der Waals surface area contributed by atoms with Crippen molar-refractivity contribution in [3.05, 3.63) is 41.1 Å². The third-order valence-corrected chi connectivity index (χ3v) is 5.64. The Morgan fingerprint density at radius 1 is 1.45 bits per heavy atom. The molecule has 2 heterocycles. The van der Waals surface area contributed by atoms with Crippen LogP contribution in [-0.2, 0) is 17.6 Å². The molecule has 3 atom stereocenters. The standard InChI is InChI=1S/C22H29FN4O4/c1-14(28)13-30-18-8-16-6-15(7-19(16)20(23)9-18)10-24-3-2-17-12-27(22(29)31-17)21-11-25-4-5-26-21/h5,8-9,11,14-15,17,24-25,28H,2-4,6-7,10,12-13H2,1H3. The number of ether oxygens (including phenoxy) is 2. The highest BCUT2D eigenvalue weighted by atomic mass is 19.1. The largest absolute Gasteiger partial charge is 0.491 e. The Balaban J connectivity index is 1.20. The number of nitrogens with zero attached hydrogens (tertiary/aromatic N) is 2. The lowest BCUT2D eigenvalue weighted by atomic mass is 10.1. The van der Waals surface area contributed by atoms with Crippen LogP contribution in [0.5, 0.6) is 5.75 Å². The average molecular weight is 432 g/mol. The van der Waals surface area contributed by atoms with Gasteiger partial charge in [-0.3, -0.25) is 4.90 Å². The van der Waals surface area contributed by atoms with Crippen LogP contribution in [0.2, 0.25) is 0 Å². The van der Waals surface area contributed by atoms with Crippen molar-refractivity contribution in [2.75, 3.05) is 32.8 Å². The summed E-state index contributed by atoms with van der Waals surface area (Å²) < 4.78 is 25.3. The van der Waals surface area contributed by atoms with Crippen LogP contribution in [0.3, 0.4) is 0 Å². The Kier molecular flexibility index (Phi) is 6.72. The van der Waals surface area contributed by atoms with Crippen molar-refractivity contribution in [1.82, 2.24) is 15.5 Å². The third-order valence-electron chi connectivity index (χ3n) is 5.64. The molecule has 168 valence electrons. The van der Waals surface area contributed by atoms with Gasteiger partial charge in [-0.25, -0.2) is 14.2 Å². The fourth-order valence-corrected chi connectivity index (χ4v) is 4.15. The quantitative estimate of drug-likeness (QED) is 0.513. The number of aliphatic hydroxyl groups excluding tert-OH is 1. The Morgan fingerprint density at radius 3 is 3.10 bits per heavy atom. The van der Waals surface area contributed by atoms with E-state index >= 15 is 0 Å². The molecule has 0 radical (unpaired) electrons. The van der Waals surface area contributed by atoms with E-state index in [0.29, 0.717) is 50.0 Å². The summed E-state index contributed by atoms with van der Waals surface area (Å²) in [5, 5.41) is 15.8. The first kappa shape index (κ1) is 21.6. The monoisotopic (exact) mass is 432 g/mol. The van der Waals surface area contributed by atoms with Crippen molar-refractivity contribution in [3.63, 3.8) is 0 Å². The second-order valence-corrected chi connectivity index (χ2v) is 8.31. The molecular formula is C22H29FN4O4. The van der Waals surface area contributed by atoms with Gasteiger partial charge in [0.2, 0.25) is 0 Å². The smallest absolute Gasteiger partial charge is 0.415 e. The topological polar surface area (TPSA) is 95.4 Å². The molecule has 31 heavy (non-hydrogen) atoms. The van der Waals surface area contributed by atoms with E-state index in [0.717, 1.165) is 24.1 Å². The minimum atomic E-state index is -0.594. The molecule has 2 aliphatic heterocycles. The fourth-order valence-electron chi connectivity index (χ4n) is 4.15. The van der Waals surface area contributed by atoms with Gasteiger partial charge in [-0.2, -0.15) is 0 Å². The average Bonchev–Trinajstić information content (AvgIpc) is 3.33. The minimum Gasteiger partial charge on any atom is -0.491 e. The normalized spacial score (nSPS) is 23.3. The molecule has 0 bridgehead atoms. The van der Waals surface area contributed by atoms with Gasteiger partial charge in [-0.15, -0.1) is 0 Å². The number of amides is 1. The van der Waals surface area contributed by atoms with E-state index in [1.54, 1.807) is 24.2 Å². The Morgan fingerprint density at radius 2 is 2.32 bits per heavy atom. The van der Waals surface area contributed by atoms with Crippen molar-refractivity contribution in [3.8, 4) is 5.75 Å². The summed E-state index contributed by atoms with van der Waals surface area (Å²) >= 11 is 0. The Bertz CT molecular complexity index is 873. The fraction of sp³-hybridized carbons (Fsp3) is 0.545. The molecule has 0 saturated carbocycles. The molecule has 1 fully saturated rings. The minimum absolute atomic E-state index is 0.145. The SMILES string of the molecule is CC(O)COc1cc(F)c2c(c1)CC(CNCCC1CN(C3=CNCC=N3)C(=O)O1)C2. The number of nitrogens with one attached hydrogen (secondary N) is 2. The van der Waals surface area contributed by atoms with E-state index in [-0.39, 0.29) is 24.6 Å². The molecule has 3 N–H and O–H groups in total. The predicted molar refractivity (Wildman–Crippen MR) is 114 cm³/mol. The lowest BCUT2D eigenvalue weighted by Gasteiger charge is -2.16. The van der Waals surface area contributed by atoms with Crippen molar-refractivity contribution in [2.24, 2.45) is 10.9 Å². The molecule has 3 unspecified atom stereocenters. The highest BCUT2D eigenvalue weighted by molar-refractivity contribution is 5.73. The van der Waals surface area contributed by atoms with Crippen molar-refractivity contribution in [2.45, 2.75) is 38.4 Å². The number of benzene rings is 1. The molecule has 3 aliphatic rings. The van der Waals surface area contributed by atoms with E-state index < -0.39 is 6.10 Å². The molecule has 9 heteroatoms. The molecular weight excluding hydrogens is 403 g/mol. The summed E-state index contributed by atoms with van der Waals surface area (Å²) in [7, 11) is 0. The Hall–Kier alpha value is -2.65. The van der Waals surface area contributed by atoms with Crippen LogP contribution in [-0.4, -0.2) is 67.3 Å². The van der Waals surface area contributed by atoms with Crippen LogP contribution in [0.25, 0.3) is 0 Å². The molecule has 0 aromatic heterocycles. The van der Waals surface area contributed by atoms with E-state index in [1.807, 2.05) is 6.07 Å². The summed E-state index contributed by atoms with van der Waals surface area (Å²) in [5.41, 5.74) is 1.73. The van der Waals surface area contributed by atoms with Crippen LogP contribution in [0, 0.1) is 11.7 Å². The van der Waals surface area contributed by atoms with Gasteiger partial charge < -0.3 is 25.2 Å². The number of rotatable bonds is 9. The molecule has 1 amide bonds. The predicted octanol–water partition coefficient (Wildman–Crippen LogP) is 1.57. The second kappa shape index (κ2) is 9.65. The van der Waals surface area contributed by atoms with Gasteiger partial charge in [0.15, 0.2) is 5.82 Å². The zero-order chi connectivity index (χ0) is 21.8. The van der Waals surface area contributed by atoms with Gasteiger partial charge in [-0.1, -0.05) is 0 Å². The summed E-state index contributed by atoms with van der Waals surface area (Å²) in [6, 6.07) is 3.28. The number of carbonyl (C=O) groups excluding carboxylic acids is 1. The summed E-state index contributed by atoms with van der Waals surface area (Å²) in [6.45, 7) is 4.40.